The molecule has 0 saturated carbocycles. The van der Waals surface area contributed by atoms with Gasteiger partial charge in [0.25, 0.3) is 0 Å². The number of aromatic hydroxyl groups is 1. The third-order valence-corrected chi connectivity index (χ3v) is 5.61. The number of ether oxygens (including phenoxy) is 4. The van der Waals surface area contributed by atoms with E-state index in [1.54, 1.807) is 6.07 Å². The molecule has 0 spiro atoms. The van der Waals surface area contributed by atoms with Crippen molar-refractivity contribution in [2.45, 2.75) is 37.6 Å². The van der Waals surface area contributed by atoms with E-state index in [1.807, 2.05) is 0 Å². The minimum absolute atomic E-state index is 0.126. The van der Waals surface area contributed by atoms with Gasteiger partial charge in [0.05, 0.1) is 18.1 Å². The van der Waals surface area contributed by atoms with Crippen LogP contribution in [0.1, 0.15) is 6.92 Å². The van der Waals surface area contributed by atoms with Crippen LogP contribution in [-0.2, 0) is 14.3 Å². The standard InChI is InChI=1S/C24H24O11/c1-11(25)32-10-19-21(28)22(29)23(30)24(35-19)34-13-4-5-14-18(8-13)33-9-15(20(14)27)12-3-6-17(31-2)16(26)7-12/h3-9,19,21-24,26,28-30H,10H2,1-2H3. The van der Waals surface area contributed by atoms with Gasteiger partial charge in [-0.05, 0) is 29.8 Å². The fourth-order valence-corrected chi connectivity index (χ4v) is 3.72. The number of rotatable bonds is 6. The monoisotopic (exact) mass is 488 g/mol. The number of fused-ring (bicyclic) bond motifs is 1. The molecule has 186 valence electrons. The molecule has 4 N–H and O–H groups in total. The van der Waals surface area contributed by atoms with Gasteiger partial charge in [-0.15, -0.1) is 0 Å². The van der Waals surface area contributed by atoms with Crippen molar-refractivity contribution in [3.05, 3.63) is 52.9 Å². The number of phenols is 1. The second kappa shape index (κ2) is 9.92. The Kier molecular flexibility index (Phi) is 6.94. The van der Waals surface area contributed by atoms with E-state index >= 15 is 0 Å². The van der Waals surface area contributed by atoms with Crippen molar-refractivity contribution in [1.82, 2.24) is 0 Å². The molecule has 4 rings (SSSR count). The molecule has 2 aromatic carbocycles. The highest BCUT2D eigenvalue weighted by Crippen LogP contribution is 2.32. The van der Waals surface area contributed by atoms with Crippen LogP contribution in [0.2, 0.25) is 0 Å². The summed E-state index contributed by atoms with van der Waals surface area (Å²) in [5.74, 6) is -0.318. The van der Waals surface area contributed by atoms with Crippen LogP contribution in [0, 0.1) is 0 Å². The summed E-state index contributed by atoms with van der Waals surface area (Å²) in [5.41, 5.74) is 0.484. The fraction of sp³-hybridized carbons (Fsp3) is 0.333. The van der Waals surface area contributed by atoms with Gasteiger partial charge < -0.3 is 43.8 Å². The molecule has 1 saturated heterocycles. The second-order valence-corrected chi connectivity index (χ2v) is 7.96. The van der Waals surface area contributed by atoms with Gasteiger partial charge in [0.1, 0.15) is 48.6 Å². The molecule has 5 unspecified atom stereocenters. The molecule has 11 nitrogen and oxygen atoms in total. The Morgan fingerprint density at radius 3 is 2.51 bits per heavy atom. The molecule has 11 heteroatoms. The van der Waals surface area contributed by atoms with Crippen molar-refractivity contribution in [1.29, 1.82) is 0 Å². The molecule has 1 aliphatic rings. The molecule has 35 heavy (non-hydrogen) atoms. The van der Waals surface area contributed by atoms with Gasteiger partial charge in [0.15, 0.2) is 16.9 Å². The van der Waals surface area contributed by atoms with E-state index in [2.05, 4.69) is 0 Å². The van der Waals surface area contributed by atoms with Crippen LogP contribution in [0.4, 0.5) is 0 Å². The number of phenolic OH excluding ortho intramolecular Hbond substituents is 1. The molecule has 1 aromatic heterocycles. The van der Waals surface area contributed by atoms with E-state index in [0.717, 1.165) is 0 Å². The van der Waals surface area contributed by atoms with E-state index in [0.29, 0.717) is 5.56 Å². The van der Waals surface area contributed by atoms with Crippen molar-refractivity contribution in [2.75, 3.05) is 13.7 Å². The number of aliphatic hydroxyl groups is 3. The average molecular weight is 488 g/mol. The lowest BCUT2D eigenvalue weighted by Crippen LogP contribution is -2.60. The first-order valence-corrected chi connectivity index (χ1v) is 10.6. The summed E-state index contributed by atoms with van der Waals surface area (Å²) in [5, 5.41) is 40.8. The van der Waals surface area contributed by atoms with Crippen LogP contribution in [0.25, 0.3) is 22.1 Å². The Balaban J connectivity index is 1.58. The first-order chi connectivity index (χ1) is 16.7. The Labute approximate surface area is 198 Å². The molecule has 0 radical (unpaired) electrons. The zero-order chi connectivity index (χ0) is 25.3. The van der Waals surface area contributed by atoms with Crippen LogP contribution in [0.15, 0.2) is 51.9 Å². The summed E-state index contributed by atoms with van der Waals surface area (Å²) < 4.78 is 26.6. The van der Waals surface area contributed by atoms with E-state index in [9.17, 15) is 30.0 Å². The second-order valence-electron chi connectivity index (χ2n) is 7.96. The zero-order valence-corrected chi connectivity index (χ0v) is 18.8. The molecule has 1 aliphatic heterocycles. The normalized spacial score (nSPS) is 24.2. The van der Waals surface area contributed by atoms with Crippen molar-refractivity contribution in [3.8, 4) is 28.4 Å². The molecular weight excluding hydrogens is 464 g/mol. The van der Waals surface area contributed by atoms with Crippen LogP contribution < -0.4 is 14.9 Å². The highest BCUT2D eigenvalue weighted by atomic mass is 16.7. The number of benzene rings is 2. The highest BCUT2D eigenvalue weighted by Gasteiger charge is 2.45. The van der Waals surface area contributed by atoms with E-state index in [1.165, 1.54) is 50.6 Å². The quantitative estimate of drug-likeness (QED) is 0.365. The van der Waals surface area contributed by atoms with Crippen LogP contribution >= 0.6 is 0 Å². The van der Waals surface area contributed by atoms with Crippen molar-refractivity contribution < 1.29 is 48.6 Å². The highest BCUT2D eigenvalue weighted by molar-refractivity contribution is 5.83. The van der Waals surface area contributed by atoms with Crippen LogP contribution in [0.3, 0.4) is 0 Å². The maximum Gasteiger partial charge on any atom is 0.302 e. The largest absolute Gasteiger partial charge is 0.504 e. The third kappa shape index (κ3) is 4.93. The number of esters is 1. The zero-order valence-electron chi connectivity index (χ0n) is 18.8. The van der Waals surface area contributed by atoms with Crippen molar-refractivity contribution in [3.63, 3.8) is 0 Å². The summed E-state index contributed by atoms with van der Waals surface area (Å²) in [6.45, 7) is 0.830. The minimum atomic E-state index is -1.61. The van der Waals surface area contributed by atoms with Gasteiger partial charge in [0, 0.05) is 13.0 Å². The predicted octanol–water partition coefficient (Wildman–Crippen LogP) is 0.924. The number of aliphatic hydroxyl groups excluding tert-OH is 3. The van der Waals surface area contributed by atoms with E-state index in [4.69, 9.17) is 23.4 Å². The Bertz CT molecular complexity index is 1280. The first kappa shape index (κ1) is 24.5. The molecule has 0 bridgehead atoms. The van der Waals surface area contributed by atoms with Gasteiger partial charge in [-0.1, -0.05) is 6.07 Å². The Morgan fingerprint density at radius 2 is 1.83 bits per heavy atom. The SMILES string of the molecule is COc1ccc(-c2coc3cc(OC4OC(COC(C)=O)C(O)C(O)C4O)ccc3c2=O)cc1O. The maximum atomic E-state index is 13.0. The van der Waals surface area contributed by atoms with Gasteiger partial charge in [-0.25, -0.2) is 0 Å². The van der Waals surface area contributed by atoms with Crippen LogP contribution in [-0.4, -0.2) is 70.8 Å². The van der Waals surface area contributed by atoms with Gasteiger partial charge in [-0.2, -0.15) is 0 Å². The van der Waals surface area contributed by atoms with Crippen LogP contribution in [0.5, 0.6) is 17.2 Å². The lowest BCUT2D eigenvalue weighted by atomic mass is 9.99. The topological polar surface area (TPSA) is 165 Å². The smallest absolute Gasteiger partial charge is 0.302 e. The summed E-state index contributed by atoms with van der Waals surface area (Å²) in [7, 11) is 1.42. The number of carbonyl (C=O) groups is 1. The van der Waals surface area contributed by atoms with Gasteiger partial charge in [0.2, 0.25) is 6.29 Å². The van der Waals surface area contributed by atoms with E-state index < -0.39 is 36.7 Å². The maximum absolute atomic E-state index is 13.0. The van der Waals surface area contributed by atoms with Gasteiger partial charge >= 0.3 is 5.97 Å². The van der Waals surface area contributed by atoms with E-state index in [-0.39, 0.29) is 45.8 Å². The summed E-state index contributed by atoms with van der Waals surface area (Å²) >= 11 is 0. The molecular formula is C24H24O11. The van der Waals surface area contributed by atoms with Crippen molar-refractivity contribution >= 4 is 16.9 Å². The molecule has 2 heterocycles. The third-order valence-electron chi connectivity index (χ3n) is 5.61. The summed E-state index contributed by atoms with van der Waals surface area (Å²) in [4.78, 5) is 24.1. The number of carbonyl (C=O) groups excluding carboxylic acids is 1. The number of hydrogen-bond acceptors (Lipinski definition) is 11. The first-order valence-electron chi connectivity index (χ1n) is 10.6. The predicted molar refractivity (Wildman–Crippen MR) is 120 cm³/mol. The number of hydrogen-bond donors (Lipinski definition) is 4. The summed E-state index contributed by atoms with van der Waals surface area (Å²) in [6.07, 6.45) is -6.02. The molecule has 0 aliphatic carbocycles. The molecule has 1 fully saturated rings. The lowest BCUT2D eigenvalue weighted by molar-refractivity contribution is -0.278. The Hall–Kier alpha value is -3.64. The minimum Gasteiger partial charge on any atom is -0.504 e. The molecule has 5 atom stereocenters. The molecule has 3 aromatic rings. The lowest BCUT2D eigenvalue weighted by Gasteiger charge is -2.39. The summed E-state index contributed by atoms with van der Waals surface area (Å²) in [6, 6.07) is 8.84. The fourth-order valence-electron chi connectivity index (χ4n) is 3.72. The average Bonchev–Trinajstić information content (AvgIpc) is 2.83. The molecule has 0 amide bonds. The van der Waals surface area contributed by atoms with Gasteiger partial charge in [-0.3, -0.25) is 9.59 Å². The van der Waals surface area contributed by atoms with Crippen molar-refractivity contribution in [2.24, 2.45) is 0 Å². The number of methoxy groups -OCH3 is 1. The Morgan fingerprint density at radius 1 is 1.06 bits per heavy atom.